The molecule has 66 valence electrons. The van der Waals surface area contributed by atoms with Gasteiger partial charge in [0.15, 0.2) is 0 Å². The SMILES string of the molecule is Cc1cc(F)cc(C)c1[C@@H](C)N. The molecule has 0 radical (unpaired) electrons. The van der Waals surface area contributed by atoms with Crippen LogP contribution in [0.2, 0.25) is 0 Å². The van der Waals surface area contributed by atoms with Crippen LogP contribution < -0.4 is 5.73 Å². The van der Waals surface area contributed by atoms with E-state index in [1.807, 2.05) is 20.8 Å². The number of nitrogens with two attached hydrogens (primary N) is 1. The lowest BCUT2D eigenvalue weighted by molar-refractivity contribution is 0.622. The Labute approximate surface area is 72.4 Å². The van der Waals surface area contributed by atoms with Gasteiger partial charge >= 0.3 is 0 Å². The molecule has 12 heavy (non-hydrogen) atoms. The van der Waals surface area contributed by atoms with Crippen LogP contribution in [0.3, 0.4) is 0 Å². The summed E-state index contributed by atoms with van der Waals surface area (Å²) in [4.78, 5) is 0. The minimum Gasteiger partial charge on any atom is -0.324 e. The molecule has 0 saturated heterocycles. The van der Waals surface area contributed by atoms with Crippen molar-refractivity contribution in [2.24, 2.45) is 5.73 Å². The molecule has 2 heteroatoms. The highest BCUT2D eigenvalue weighted by Gasteiger charge is 2.08. The third-order valence-corrected chi connectivity index (χ3v) is 2.01. The van der Waals surface area contributed by atoms with Gasteiger partial charge in [-0.1, -0.05) is 0 Å². The van der Waals surface area contributed by atoms with Crippen LogP contribution in [0, 0.1) is 19.7 Å². The van der Waals surface area contributed by atoms with Crippen molar-refractivity contribution in [3.05, 3.63) is 34.6 Å². The van der Waals surface area contributed by atoms with Crippen LogP contribution in [0.25, 0.3) is 0 Å². The number of hydrogen-bond donors (Lipinski definition) is 1. The first kappa shape index (κ1) is 9.20. The van der Waals surface area contributed by atoms with E-state index in [0.717, 1.165) is 16.7 Å². The van der Waals surface area contributed by atoms with Crippen molar-refractivity contribution in [2.45, 2.75) is 26.8 Å². The van der Waals surface area contributed by atoms with E-state index >= 15 is 0 Å². The maximum atomic E-state index is 12.8. The summed E-state index contributed by atoms with van der Waals surface area (Å²) in [6, 6.07) is 3.02. The Balaban J connectivity index is 3.28. The minimum atomic E-state index is -0.186. The summed E-state index contributed by atoms with van der Waals surface area (Å²) in [5.74, 6) is -0.186. The van der Waals surface area contributed by atoms with Crippen molar-refractivity contribution in [3.8, 4) is 0 Å². The molecule has 0 aromatic heterocycles. The molecule has 0 saturated carbocycles. The van der Waals surface area contributed by atoms with Crippen LogP contribution in [0.1, 0.15) is 29.7 Å². The minimum absolute atomic E-state index is 0.0226. The van der Waals surface area contributed by atoms with E-state index in [4.69, 9.17) is 5.73 Å². The fourth-order valence-electron chi connectivity index (χ4n) is 1.64. The van der Waals surface area contributed by atoms with Crippen LogP contribution in [0.4, 0.5) is 4.39 Å². The van der Waals surface area contributed by atoms with E-state index in [2.05, 4.69) is 0 Å². The molecule has 1 atom stereocenters. The number of hydrogen-bond acceptors (Lipinski definition) is 1. The van der Waals surface area contributed by atoms with Crippen LogP contribution in [-0.4, -0.2) is 0 Å². The van der Waals surface area contributed by atoms with Crippen molar-refractivity contribution in [1.82, 2.24) is 0 Å². The molecular weight excluding hydrogens is 153 g/mol. The first-order valence-corrected chi connectivity index (χ1v) is 4.04. The number of halogens is 1. The molecule has 0 amide bonds. The van der Waals surface area contributed by atoms with Crippen LogP contribution in [0.15, 0.2) is 12.1 Å². The Hall–Kier alpha value is -0.890. The van der Waals surface area contributed by atoms with Crippen LogP contribution >= 0.6 is 0 Å². The Morgan fingerprint density at radius 2 is 1.67 bits per heavy atom. The second-order valence-corrected chi connectivity index (χ2v) is 3.24. The molecule has 0 aliphatic carbocycles. The van der Waals surface area contributed by atoms with Gasteiger partial charge < -0.3 is 5.73 Å². The molecule has 0 heterocycles. The molecule has 0 spiro atoms. The third kappa shape index (κ3) is 1.64. The Morgan fingerprint density at radius 1 is 1.25 bits per heavy atom. The first-order chi connectivity index (χ1) is 5.52. The molecule has 2 N–H and O–H groups in total. The molecule has 0 aliphatic heterocycles. The maximum absolute atomic E-state index is 12.8. The summed E-state index contributed by atoms with van der Waals surface area (Å²) in [6.45, 7) is 5.68. The number of rotatable bonds is 1. The highest BCUT2D eigenvalue weighted by atomic mass is 19.1. The van der Waals surface area contributed by atoms with Gasteiger partial charge in [0.05, 0.1) is 0 Å². The van der Waals surface area contributed by atoms with Gasteiger partial charge in [0.25, 0.3) is 0 Å². The van der Waals surface area contributed by atoms with Crippen molar-refractivity contribution in [2.75, 3.05) is 0 Å². The van der Waals surface area contributed by atoms with Gasteiger partial charge in [-0.2, -0.15) is 0 Å². The van der Waals surface area contributed by atoms with E-state index in [9.17, 15) is 4.39 Å². The summed E-state index contributed by atoms with van der Waals surface area (Å²) in [7, 11) is 0. The Kier molecular flexibility index (Phi) is 2.48. The van der Waals surface area contributed by atoms with Gasteiger partial charge in [-0.05, 0) is 49.6 Å². The van der Waals surface area contributed by atoms with E-state index in [1.54, 1.807) is 0 Å². The molecule has 1 rings (SSSR count). The molecule has 1 aromatic carbocycles. The van der Waals surface area contributed by atoms with E-state index in [1.165, 1.54) is 12.1 Å². The third-order valence-electron chi connectivity index (χ3n) is 2.01. The normalized spacial score (nSPS) is 13.1. The smallest absolute Gasteiger partial charge is 0.123 e. The predicted octanol–water partition coefficient (Wildman–Crippen LogP) is 2.46. The summed E-state index contributed by atoms with van der Waals surface area (Å²) in [5, 5.41) is 0. The lowest BCUT2D eigenvalue weighted by Crippen LogP contribution is -2.09. The topological polar surface area (TPSA) is 26.0 Å². The van der Waals surface area contributed by atoms with Crippen molar-refractivity contribution < 1.29 is 4.39 Å². The van der Waals surface area contributed by atoms with Gasteiger partial charge in [0, 0.05) is 6.04 Å². The highest BCUT2D eigenvalue weighted by Crippen LogP contribution is 2.20. The number of aryl methyl sites for hydroxylation is 2. The molecule has 0 bridgehead atoms. The Bertz CT molecular complexity index is 269. The maximum Gasteiger partial charge on any atom is 0.123 e. The van der Waals surface area contributed by atoms with Crippen molar-refractivity contribution in [3.63, 3.8) is 0 Å². The molecule has 0 aliphatic rings. The summed E-state index contributed by atoms with van der Waals surface area (Å²) >= 11 is 0. The van der Waals surface area contributed by atoms with E-state index in [-0.39, 0.29) is 11.9 Å². The summed E-state index contributed by atoms with van der Waals surface area (Å²) in [5.41, 5.74) is 8.66. The molecule has 1 nitrogen and oxygen atoms in total. The van der Waals surface area contributed by atoms with E-state index < -0.39 is 0 Å². The van der Waals surface area contributed by atoms with Crippen LogP contribution in [-0.2, 0) is 0 Å². The Morgan fingerprint density at radius 3 is 2.00 bits per heavy atom. The molecule has 0 unspecified atom stereocenters. The zero-order valence-corrected chi connectivity index (χ0v) is 7.69. The largest absolute Gasteiger partial charge is 0.324 e. The van der Waals surface area contributed by atoms with Crippen LogP contribution in [0.5, 0.6) is 0 Å². The van der Waals surface area contributed by atoms with E-state index in [0.29, 0.717) is 0 Å². The average Bonchev–Trinajstić information content (AvgIpc) is 1.82. The number of benzene rings is 1. The van der Waals surface area contributed by atoms with Gasteiger partial charge in [-0.15, -0.1) is 0 Å². The zero-order chi connectivity index (χ0) is 9.30. The molecular formula is C10H14FN. The summed E-state index contributed by atoms with van der Waals surface area (Å²) in [6.07, 6.45) is 0. The molecule has 1 aromatic rings. The van der Waals surface area contributed by atoms with Gasteiger partial charge in [-0.25, -0.2) is 4.39 Å². The van der Waals surface area contributed by atoms with Crippen molar-refractivity contribution >= 4 is 0 Å². The predicted molar refractivity (Wildman–Crippen MR) is 48.5 cm³/mol. The fraction of sp³-hybridized carbons (Fsp3) is 0.400. The second-order valence-electron chi connectivity index (χ2n) is 3.24. The lowest BCUT2D eigenvalue weighted by atomic mass is 9.97. The van der Waals surface area contributed by atoms with Gasteiger partial charge in [-0.3, -0.25) is 0 Å². The van der Waals surface area contributed by atoms with Crippen molar-refractivity contribution in [1.29, 1.82) is 0 Å². The standard InChI is InChI=1S/C10H14FN/c1-6-4-9(11)5-7(2)10(6)8(3)12/h4-5,8H,12H2,1-3H3/t8-/m1/s1. The first-order valence-electron chi connectivity index (χ1n) is 4.04. The molecule has 0 fully saturated rings. The van der Waals surface area contributed by atoms with Gasteiger partial charge in [0.1, 0.15) is 5.82 Å². The fourth-order valence-corrected chi connectivity index (χ4v) is 1.64. The second kappa shape index (κ2) is 3.23. The van der Waals surface area contributed by atoms with Gasteiger partial charge in [0.2, 0.25) is 0 Å². The zero-order valence-electron chi connectivity index (χ0n) is 7.69. The monoisotopic (exact) mass is 167 g/mol. The average molecular weight is 167 g/mol. The lowest BCUT2D eigenvalue weighted by Gasteiger charge is -2.13. The quantitative estimate of drug-likeness (QED) is 0.683. The summed E-state index contributed by atoms with van der Waals surface area (Å²) < 4.78 is 12.8. The highest BCUT2D eigenvalue weighted by molar-refractivity contribution is 5.36.